The maximum Gasteiger partial charge on any atom is 0.151 e. The van der Waals surface area contributed by atoms with Crippen LogP contribution in [0.4, 0.5) is 4.39 Å². The Morgan fingerprint density at radius 2 is 1.92 bits per heavy atom. The van der Waals surface area contributed by atoms with Gasteiger partial charge in [-0.05, 0) is 26.0 Å². The molecule has 0 bridgehead atoms. The van der Waals surface area contributed by atoms with Crippen LogP contribution < -0.4 is 0 Å². The molecule has 1 rings (SSSR count). The van der Waals surface area contributed by atoms with Crippen LogP contribution in [0.15, 0.2) is 12.1 Å². The van der Waals surface area contributed by atoms with Crippen molar-refractivity contribution in [3.63, 3.8) is 0 Å². The van der Waals surface area contributed by atoms with Crippen molar-refractivity contribution in [2.45, 2.75) is 19.4 Å². The third-order valence-electron chi connectivity index (χ3n) is 1.68. The zero-order valence-electron chi connectivity index (χ0n) is 7.31. The van der Waals surface area contributed by atoms with Crippen LogP contribution in [-0.4, -0.2) is 10.2 Å². The van der Waals surface area contributed by atoms with Crippen LogP contribution in [0.3, 0.4) is 0 Å². The van der Waals surface area contributed by atoms with Gasteiger partial charge in [0.15, 0.2) is 5.82 Å². The predicted molar refractivity (Wildman–Crippen MR) is 48.3 cm³/mol. The second-order valence-electron chi connectivity index (χ2n) is 3.31. The molecular formula is C9H10ClFO2. The zero-order valence-corrected chi connectivity index (χ0v) is 8.06. The molecule has 1 aromatic carbocycles. The highest BCUT2D eigenvalue weighted by atomic mass is 35.5. The van der Waals surface area contributed by atoms with Gasteiger partial charge in [-0.2, -0.15) is 0 Å². The molecule has 0 fully saturated rings. The number of rotatable bonds is 1. The smallest absolute Gasteiger partial charge is 0.151 e. The average Bonchev–Trinajstić information content (AvgIpc) is 1.95. The normalized spacial score (nSPS) is 11.8. The summed E-state index contributed by atoms with van der Waals surface area (Å²) in [5.41, 5.74) is -1.63. The molecule has 0 atom stereocenters. The maximum atomic E-state index is 13.3. The summed E-state index contributed by atoms with van der Waals surface area (Å²) >= 11 is 5.49. The number of phenols is 1. The van der Waals surface area contributed by atoms with Crippen LogP contribution in [0.1, 0.15) is 19.4 Å². The SMILES string of the molecule is CC(C)(O)c1c(O)ccc(Cl)c1F. The van der Waals surface area contributed by atoms with Gasteiger partial charge < -0.3 is 10.2 Å². The van der Waals surface area contributed by atoms with Crippen LogP contribution >= 0.6 is 11.6 Å². The molecule has 0 radical (unpaired) electrons. The van der Waals surface area contributed by atoms with E-state index >= 15 is 0 Å². The van der Waals surface area contributed by atoms with E-state index in [9.17, 15) is 14.6 Å². The number of aromatic hydroxyl groups is 1. The first-order chi connectivity index (χ1) is 5.84. The fraction of sp³-hybridized carbons (Fsp3) is 0.333. The van der Waals surface area contributed by atoms with Crippen molar-refractivity contribution in [3.8, 4) is 5.75 Å². The molecule has 0 saturated heterocycles. The van der Waals surface area contributed by atoms with E-state index in [1.165, 1.54) is 26.0 Å². The first kappa shape index (κ1) is 10.3. The van der Waals surface area contributed by atoms with Crippen molar-refractivity contribution in [2.24, 2.45) is 0 Å². The molecule has 0 heterocycles. The summed E-state index contributed by atoms with van der Waals surface area (Å²) in [4.78, 5) is 0. The van der Waals surface area contributed by atoms with Crippen LogP contribution in [0.2, 0.25) is 5.02 Å². The molecule has 0 aliphatic carbocycles. The molecule has 2 nitrogen and oxygen atoms in total. The number of hydrogen-bond acceptors (Lipinski definition) is 2. The zero-order chi connectivity index (χ0) is 10.2. The van der Waals surface area contributed by atoms with E-state index in [0.29, 0.717) is 0 Å². The van der Waals surface area contributed by atoms with E-state index in [1.807, 2.05) is 0 Å². The van der Waals surface area contributed by atoms with Crippen molar-refractivity contribution >= 4 is 11.6 Å². The highest BCUT2D eigenvalue weighted by Gasteiger charge is 2.26. The van der Waals surface area contributed by atoms with Gasteiger partial charge in [0, 0.05) is 0 Å². The Morgan fingerprint density at radius 3 is 2.31 bits per heavy atom. The Morgan fingerprint density at radius 1 is 1.38 bits per heavy atom. The molecule has 0 aromatic heterocycles. The lowest BCUT2D eigenvalue weighted by Crippen LogP contribution is -2.18. The Balaban J connectivity index is 3.43. The molecule has 13 heavy (non-hydrogen) atoms. The molecule has 0 spiro atoms. The van der Waals surface area contributed by atoms with Crippen molar-refractivity contribution in [3.05, 3.63) is 28.5 Å². The minimum atomic E-state index is -1.45. The first-order valence-electron chi connectivity index (χ1n) is 3.74. The van der Waals surface area contributed by atoms with Gasteiger partial charge in [0.1, 0.15) is 5.75 Å². The van der Waals surface area contributed by atoms with E-state index in [-0.39, 0.29) is 16.3 Å². The summed E-state index contributed by atoms with van der Waals surface area (Å²) in [6, 6.07) is 2.49. The van der Waals surface area contributed by atoms with Gasteiger partial charge in [-0.3, -0.25) is 0 Å². The van der Waals surface area contributed by atoms with Crippen LogP contribution in [-0.2, 0) is 5.60 Å². The standard InChI is InChI=1S/C9H10ClFO2/c1-9(2,13)7-6(12)4-3-5(10)8(7)11/h3-4,12-13H,1-2H3. The molecule has 1 aromatic rings. The number of benzene rings is 1. The Hall–Kier alpha value is -0.800. The quantitative estimate of drug-likeness (QED) is 0.738. The maximum absolute atomic E-state index is 13.3. The predicted octanol–water partition coefficient (Wildman–Crippen LogP) is 2.41. The number of hydrogen-bond donors (Lipinski definition) is 2. The van der Waals surface area contributed by atoms with E-state index in [1.54, 1.807) is 0 Å². The summed E-state index contributed by atoms with van der Waals surface area (Å²) in [6.45, 7) is 2.75. The monoisotopic (exact) mass is 204 g/mol. The Bertz CT molecular complexity index is 331. The van der Waals surface area contributed by atoms with E-state index < -0.39 is 11.4 Å². The van der Waals surface area contributed by atoms with Gasteiger partial charge in [0.05, 0.1) is 16.2 Å². The van der Waals surface area contributed by atoms with Gasteiger partial charge in [-0.1, -0.05) is 11.6 Å². The highest BCUT2D eigenvalue weighted by Crippen LogP contribution is 2.34. The van der Waals surface area contributed by atoms with E-state index in [2.05, 4.69) is 0 Å². The molecule has 4 heteroatoms. The second kappa shape index (κ2) is 3.16. The van der Waals surface area contributed by atoms with Gasteiger partial charge in [0.2, 0.25) is 0 Å². The molecular weight excluding hydrogens is 195 g/mol. The molecule has 0 saturated carbocycles. The lowest BCUT2D eigenvalue weighted by Gasteiger charge is -2.20. The van der Waals surface area contributed by atoms with Crippen LogP contribution in [0.25, 0.3) is 0 Å². The second-order valence-corrected chi connectivity index (χ2v) is 3.72. The lowest BCUT2D eigenvalue weighted by atomic mass is 9.97. The summed E-state index contributed by atoms with van der Waals surface area (Å²) in [5, 5.41) is 18.7. The molecule has 0 aliphatic rings. The summed E-state index contributed by atoms with van der Waals surface area (Å²) in [6.07, 6.45) is 0. The summed E-state index contributed by atoms with van der Waals surface area (Å²) in [7, 11) is 0. The Labute approximate surface area is 80.6 Å². The van der Waals surface area contributed by atoms with E-state index in [0.717, 1.165) is 0 Å². The highest BCUT2D eigenvalue weighted by molar-refractivity contribution is 6.30. The van der Waals surface area contributed by atoms with Crippen LogP contribution in [0, 0.1) is 5.82 Å². The minimum absolute atomic E-state index is 0.116. The van der Waals surface area contributed by atoms with Gasteiger partial charge in [0.25, 0.3) is 0 Å². The molecule has 0 unspecified atom stereocenters. The molecule has 2 N–H and O–H groups in total. The fourth-order valence-electron chi connectivity index (χ4n) is 1.12. The summed E-state index contributed by atoms with van der Waals surface area (Å²) < 4.78 is 13.3. The average molecular weight is 205 g/mol. The van der Waals surface area contributed by atoms with Crippen molar-refractivity contribution in [1.29, 1.82) is 0 Å². The van der Waals surface area contributed by atoms with E-state index in [4.69, 9.17) is 11.6 Å². The van der Waals surface area contributed by atoms with Crippen molar-refractivity contribution < 1.29 is 14.6 Å². The number of aliphatic hydroxyl groups is 1. The molecule has 0 amide bonds. The largest absolute Gasteiger partial charge is 0.507 e. The number of halogens is 2. The minimum Gasteiger partial charge on any atom is -0.507 e. The lowest BCUT2D eigenvalue weighted by molar-refractivity contribution is 0.0716. The Kier molecular flexibility index (Phi) is 2.50. The number of phenolic OH excluding ortho intramolecular Hbond substituents is 1. The molecule has 0 aliphatic heterocycles. The third-order valence-corrected chi connectivity index (χ3v) is 1.98. The molecule has 72 valence electrons. The van der Waals surface area contributed by atoms with Crippen molar-refractivity contribution in [1.82, 2.24) is 0 Å². The van der Waals surface area contributed by atoms with Gasteiger partial charge in [-0.25, -0.2) is 4.39 Å². The van der Waals surface area contributed by atoms with Gasteiger partial charge >= 0.3 is 0 Å². The fourth-order valence-corrected chi connectivity index (χ4v) is 1.28. The summed E-state index contributed by atoms with van der Waals surface area (Å²) in [5.74, 6) is -1.08. The third kappa shape index (κ3) is 1.92. The van der Waals surface area contributed by atoms with Gasteiger partial charge in [-0.15, -0.1) is 0 Å². The van der Waals surface area contributed by atoms with Crippen molar-refractivity contribution in [2.75, 3.05) is 0 Å². The van der Waals surface area contributed by atoms with Crippen LogP contribution in [0.5, 0.6) is 5.75 Å². The topological polar surface area (TPSA) is 40.5 Å². The first-order valence-corrected chi connectivity index (χ1v) is 4.11.